The highest BCUT2D eigenvalue weighted by atomic mass is 35.5. The van der Waals surface area contributed by atoms with Crippen LogP contribution in [0.4, 0.5) is 10.5 Å². The summed E-state index contributed by atoms with van der Waals surface area (Å²) in [6, 6.07) is 6.47. The number of imide groups is 1. The lowest BCUT2D eigenvalue weighted by Crippen LogP contribution is -2.42. The number of halogens is 1. The molecule has 1 heterocycles. The second kappa shape index (κ2) is 4.53. The molecule has 3 rings (SSSR count). The van der Waals surface area contributed by atoms with Gasteiger partial charge in [-0.05, 0) is 36.5 Å². The normalized spacial score (nSPS) is 21.8. The van der Waals surface area contributed by atoms with E-state index in [0.717, 1.165) is 19.3 Å². The number of urea groups is 1. The first-order valence-electron chi connectivity index (χ1n) is 6.46. The lowest BCUT2D eigenvalue weighted by Gasteiger charge is -2.39. The number of carbonyl (C=O) groups excluding carboxylic acids is 2. The van der Waals surface area contributed by atoms with Crippen LogP contribution in [-0.4, -0.2) is 18.5 Å². The molecule has 1 spiro atoms. The molecule has 2 fully saturated rings. The summed E-state index contributed by atoms with van der Waals surface area (Å²) in [6.07, 6.45) is 3.60. The maximum absolute atomic E-state index is 12.4. The fourth-order valence-electron chi connectivity index (χ4n) is 2.82. The summed E-state index contributed by atoms with van der Waals surface area (Å²) in [5.41, 5.74) is 0.520. The van der Waals surface area contributed by atoms with E-state index in [4.69, 9.17) is 11.6 Å². The molecule has 3 amide bonds. The van der Waals surface area contributed by atoms with Crippen LogP contribution < -0.4 is 10.2 Å². The summed E-state index contributed by atoms with van der Waals surface area (Å²) in [5, 5.41) is 3.37. The van der Waals surface area contributed by atoms with Gasteiger partial charge in [-0.15, -0.1) is 0 Å². The van der Waals surface area contributed by atoms with Crippen molar-refractivity contribution in [2.75, 3.05) is 11.4 Å². The van der Waals surface area contributed by atoms with Crippen LogP contribution in [0.5, 0.6) is 0 Å². The maximum Gasteiger partial charge on any atom is 0.328 e. The molecule has 1 aromatic carbocycles. The van der Waals surface area contributed by atoms with Gasteiger partial charge in [0.05, 0.1) is 5.69 Å². The van der Waals surface area contributed by atoms with Crippen molar-refractivity contribution in [3.63, 3.8) is 0 Å². The Kier molecular flexibility index (Phi) is 2.97. The first-order valence-corrected chi connectivity index (χ1v) is 6.84. The molecule has 5 heteroatoms. The van der Waals surface area contributed by atoms with Gasteiger partial charge < -0.3 is 5.32 Å². The highest BCUT2D eigenvalue weighted by Gasteiger charge is 2.44. The van der Waals surface area contributed by atoms with E-state index in [0.29, 0.717) is 23.7 Å². The number of rotatable bonds is 1. The molecule has 1 saturated heterocycles. The van der Waals surface area contributed by atoms with E-state index in [1.807, 2.05) is 0 Å². The van der Waals surface area contributed by atoms with E-state index in [9.17, 15) is 9.59 Å². The van der Waals surface area contributed by atoms with E-state index in [1.165, 1.54) is 4.90 Å². The molecule has 1 aliphatic carbocycles. The number of nitrogens with zero attached hydrogens (tertiary/aromatic N) is 1. The summed E-state index contributed by atoms with van der Waals surface area (Å²) in [6.45, 7) is 0.592. The fourth-order valence-corrected chi connectivity index (χ4v) is 3.01. The van der Waals surface area contributed by atoms with Crippen LogP contribution in [0.1, 0.15) is 25.7 Å². The summed E-state index contributed by atoms with van der Waals surface area (Å²) in [4.78, 5) is 25.7. The Morgan fingerprint density at radius 2 is 2.05 bits per heavy atom. The molecule has 19 heavy (non-hydrogen) atoms. The second-order valence-electron chi connectivity index (χ2n) is 5.40. The molecule has 1 aliphatic heterocycles. The van der Waals surface area contributed by atoms with Crippen LogP contribution in [0.3, 0.4) is 0 Å². The molecule has 1 saturated carbocycles. The average molecular weight is 279 g/mol. The van der Waals surface area contributed by atoms with Crippen LogP contribution in [0.25, 0.3) is 0 Å². The number of hydrogen-bond donors (Lipinski definition) is 1. The Bertz CT molecular complexity index is 540. The van der Waals surface area contributed by atoms with Gasteiger partial charge in [0.25, 0.3) is 0 Å². The highest BCUT2D eigenvalue weighted by Crippen LogP contribution is 2.45. The largest absolute Gasteiger partial charge is 0.337 e. The lowest BCUT2D eigenvalue weighted by atomic mass is 9.66. The Balaban J connectivity index is 1.91. The zero-order chi connectivity index (χ0) is 13.5. The van der Waals surface area contributed by atoms with Crippen molar-refractivity contribution in [2.45, 2.75) is 25.7 Å². The predicted molar refractivity (Wildman–Crippen MR) is 73.2 cm³/mol. The quantitative estimate of drug-likeness (QED) is 0.859. The van der Waals surface area contributed by atoms with E-state index in [-0.39, 0.29) is 17.4 Å². The monoisotopic (exact) mass is 278 g/mol. The molecule has 1 aromatic rings. The SMILES string of the molecule is O=C1CC2(CCC2)CNC(=O)N1c1cccc(Cl)c1. The van der Waals surface area contributed by atoms with Gasteiger partial charge in [-0.2, -0.15) is 0 Å². The number of benzene rings is 1. The summed E-state index contributed by atoms with van der Waals surface area (Å²) in [5.74, 6) is -0.142. The minimum Gasteiger partial charge on any atom is -0.337 e. The molecular formula is C14H15ClN2O2. The standard InChI is InChI=1S/C14H15ClN2O2/c15-10-3-1-4-11(7-10)17-12(18)8-14(5-2-6-14)9-16-13(17)19/h1,3-4,7H,2,5-6,8-9H2,(H,16,19). The van der Waals surface area contributed by atoms with Crippen LogP contribution in [0, 0.1) is 5.41 Å². The van der Waals surface area contributed by atoms with Crippen LogP contribution in [-0.2, 0) is 4.79 Å². The van der Waals surface area contributed by atoms with Gasteiger partial charge >= 0.3 is 6.03 Å². The molecule has 0 unspecified atom stereocenters. The molecule has 0 atom stereocenters. The first kappa shape index (κ1) is 12.5. The zero-order valence-electron chi connectivity index (χ0n) is 10.5. The molecule has 0 bridgehead atoms. The Labute approximate surface area is 116 Å². The second-order valence-corrected chi connectivity index (χ2v) is 5.83. The van der Waals surface area contributed by atoms with Gasteiger partial charge in [0, 0.05) is 18.0 Å². The minimum atomic E-state index is -0.351. The molecular weight excluding hydrogens is 264 g/mol. The average Bonchev–Trinajstić information content (AvgIpc) is 2.45. The van der Waals surface area contributed by atoms with Crippen LogP contribution in [0.2, 0.25) is 5.02 Å². The number of amides is 3. The molecule has 2 aliphatic rings. The summed E-state index contributed by atoms with van der Waals surface area (Å²) in [7, 11) is 0. The smallest absolute Gasteiger partial charge is 0.328 e. The molecule has 1 N–H and O–H groups in total. The van der Waals surface area contributed by atoms with Gasteiger partial charge in [-0.3, -0.25) is 4.79 Å². The summed E-state index contributed by atoms with van der Waals surface area (Å²) >= 11 is 5.93. The van der Waals surface area contributed by atoms with Crippen molar-refractivity contribution < 1.29 is 9.59 Å². The Hall–Kier alpha value is -1.55. The number of nitrogens with one attached hydrogen (secondary N) is 1. The van der Waals surface area contributed by atoms with Crippen molar-refractivity contribution in [3.05, 3.63) is 29.3 Å². The third-order valence-corrected chi connectivity index (χ3v) is 4.31. The van der Waals surface area contributed by atoms with Crippen molar-refractivity contribution >= 4 is 29.2 Å². The van der Waals surface area contributed by atoms with Crippen molar-refractivity contribution in [1.29, 1.82) is 0 Å². The van der Waals surface area contributed by atoms with Gasteiger partial charge in [-0.25, -0.2) is 9.69 Å². The number of hydrogen-bond acceptors (Lipinski definition) is 2. The first-order chi connectivity index (χ1) is 9.10. The lowest BCUT2D eigenvalue weighted by molar-refractivity contribution is -0.120. The fraction of sp³-hybridized carbons (Fsp3) is 0.429. The topological polar surface area (TPSA) is 49.4 Å². The van der Waals surface area contributed by atoms with E-state index in [1.54, 1.807) is 24.3 Å². The van der Waals surface area contributed by atoms with Gasteiger partial charge in [0.2, 0.25) is 5.91 Å². The number of carbonyl (C=O) groups is 2. The van der Waals surface area contributed by atoms with Crippen molar-refractivity contribution in [3.8, 4) is 0 Å². The van der Waals surface area contributed by atoms with Crippen molar-refractivity contribution in [1.82, 2.24) is 5.32 Å². The van der Waals surface area contributed by atoms with E-state index >= 15 is 0 Å². The third kappa shape index (κ3) is 2.21. The predicted octanol–water partition coefficient (Wildman–Crippen LogP) is 2.96. The summed E-state index contributed by atoms with van der Waals surface area (Å²) < 4.78 is 0. The van der Waals surface area contributed by atoms with Crippen LogP contribution in [0.15, 0.2) is 24.3 Å². The van der Waals surface area contributed by atoms with E-state index in [2.05, 4.69) is 5.32 Å². The van der Waals surface area contributed by atoms with Crippen LogP contribution >= 0.6 is 11.6 Å². The van der Waals surface area contributed by atoms with Gasteiger partial charge in [-0.1, -0.05) is 24.1 Å². The Morgan fingerprint density at radius 1 is 1.26 bits per heavy atom. The molecule has 0 aromatic heterocycles. The highest BCUT2D eigenvalue weighted by molar-refractivity contribution is 6.31. The van der Waals surface area contributed by atoms with E-state index < -0.39 is 0 Å². The van der Waals surface area contributed by atoms with Crippen molar-refractivity contribution in [2.24, 2.45) is 5.41 Å². The van der Waals surface area contributed by atoms with Gasteiger partial charge in [0.15, 0.2) is 0 Å². The number of anilines is 1. The maximum atomic E-state index is 12.4. The molecule has 0 radical (unpaired) electrons. The Morgan fingerprint density at radius 3 is 2.68 bits per heavy atom. The van der Waals surface area contributed by atoms with Gasteiger partial charge in [0.1, 0.15) is 0 Å². The minimum absolute atomic E-state index is 0.0138. The zero-order valence-corrected chi connectivity index (χ0v) is 11.2. The third-order valence-electron chi connectivity index (χ3n) is 4.07. The molecule has 4 nitrogen and oxygen atoms in total. The molecule has 100 valence electrons.